The molecule has 0 aliphatic rings. The van der Waals surface area contributed by atoms with Crippen molar-refractivity contribution in [1.29, 1.82) is 0 Å². The van der Waals surface area contributed by atoms with E-state index >= 15 is 0 Å². The fourth-order valence-corrected chi connectivity index (χ4v) is 2.41. The summed E-state index contributed by atoms with van der Waals surface area (Å²) in [6, 6.07) is 9.06. The van der Waals surface area contributed by atoms with E-state index in [1.165, 1.54) is 22.4 Å². The highest BCUT2D eigenvalue weighted by Crippen LogP contribution is 2.19. The third kappa shape index (κ3) is 3.48. The van der Waals surface area contributed by atoms with E-state index in [2.05, 4.69) is 68.6 Å². The third-order valence-corrected chi connectivity index (χ3v) is 3.66. The van der Waals surface area contributed by atoms with Crippen LogP contribution in [0.2, 0.25) is 0 Å². The minimum Gasteiger partial charge on any atom is -0.306 e. The van der Waals surface area contributed by atoms with Crippen LogP contribution in [0.25, 0.3) is 0 Å². The number of aryl methyl sites for hydroxylation is 2. The van der Waals surface area contributed by atoms with Gasteiger partial charge in [-0.1, -0.05) is 43.7 Å². The highest BCUT2D eigenvalue weighted by Gasteiger charge is 2.12. The smallest absolute Gasteiger partial charge is 0.0694 e. The first-order chi connectivity index (χ1) is 9.47. The summed E-state index contributed by atoms with van der Waals surface area (Å²) in [7, 11) is 1.98. The van der Waals surface area contributed by atoms with Crippen LogP contribution >= 0.6 is 0 Å². The highest BCUT2D eigenvalue weighted by atomic mass is 15.3. The lowest BCUT2D eigenvalue weighted by molar-refractivity contribution is 0.570. The zero-order valence-corrected chi connectivity index (χ0v) is 13.1. The van der Waals surface area contributed by atoms with Crippen LogP contribution in [0.4, 0.5) is 0 Å². The van der Waals surface area contributed by atoms with Gasteiger partial charge in [-0.05, 0) is 25.3 Å². The zero-order chi connectivity index (χ0) is 14.7. The number of hydrogen-bond donors (Lipinski definition) is 1. The fourth-order valence-electron chi connectivity index (χ4n) is 2.41. The van der Waals surface area contributed by atoms with E-state index in [9.17, 15) is 0 Å². The first-order valence-corrected chi connectivity index (χ1v) is 7.29. The van der Waals surface area contributed by atoms with Gasteiger partial charge < -0.3 is 5.32 Å². The SMILES string of the molecule is Cc1ccc([C@@H](C)NCc2cn(C)nc2C(C)C)cc1. The molecule has 1 aromatic heterocycles. The molecule has 20 heavy (non-hydrogen) atoms. The lowest BCUT2D eigenvalue weighted by Crippen LogP contribution is -2.18. The van der Waals surface area contributed by atoms with Crippen LogP contribution in [0.15, 0.2) is 30.5 Å². The number of rotatable bonds is 5. The van der Waals surface area contributed by atoms with Crippen LogP contribution in [0.1, 0.15) is 55.1 Å². The van der Waals surface area contributed by atoms with Crippen LogP contribution in [-0.2, 0) is 13.6 Å². The average Bonchev–Trinajstić information content (AvgIpc) is 2.78. The summed E-state index contributed by atoms with van der Waals surface area (Å²) < 4.78 is 1.91. The van der Waals surface area contributed by atoms with E-state index in [0.717, 1.165) is 6.54 Å². The highest BCUT2D eigenvalue weighted by molar-refractivity contribution is 5.24. The van der Waals surface area contributed by atoms with Gasteiger partial charge in [-0.2, -0.15) is 5.10 Å². The number of aromatic nitrogens is 2. The van der Waals surface area contributed by atoms with Gasteiger partial charge in [0.2, 0.25) is 0 Å². The molecule has 0 unspecified atom stereocenters. The van der Waals surface area contributed by atoms with Crippen molar-refractivity contribution >= 4 is 0 Å². The lowest BCUT2D eigenvalue weighted by Gasteiger charge is -2.15. The lowest BCUT2D eigenvalue weighted by atomic mass is 10.0. The van der Waals surface area contributed by atoms with Crippen molar-refractivity contribution in [1.82, 2.24) is 15.1 Å². The Kier molecular flexibility index (Phi) is 4.61. The maximum Gasteiger partial charge on any atom is 0.0694 e. The molecule has 1 atom stereocenters. The molecular weight excluding hydrogens is 246 g/mol. The van der Waals surface area contributed by atoms with Crippen molar-refractivity contribution in [3.05, 3.63) is 52.8 Å². The van der Waals surface area contributed by atoms with Gasteiger partial charge in [0.1, 0.15) is 0 Å². The molecule has 2 rings (SSSR count). The predicted octanol–water partition coefficient (Wildman–Crippen LogP) is 3.70. The molecule has 0 saturated heterocycles. The maximum atomic E-state index is 4.55. The van der Waals surface area contributed by atoms with E-state index in [0.29, 0.717) is 12.0 Å². The van der Waals surface area contributed by atoms with Gasteiger partial charge in [0.25, 0.3) is 0 Å². The normalized spacial score (nSPS) is 12.9. The van der Waals surface area contributed by atoms with Gasteiger partial charge in [-0.25, -0.2) is 0 Å². The molecule has 3 heteroatoms. The predicted molar refractivity (Wildman–Crippen MR) is 83.7 cm³/mol. The van der Waals surface area contributed by atoms with Crippen molar-refractivity contribution in [2.75, 3.05) is 0 Å². The minimum atomic E-state index is 0.343. The van der Waals surface area contributed by atoms with Crippen molar-refractivity contribution < 1.29 is 0 Å². The van der Waals surface area contributed by atoms with Gasteiger partial charge in [0.05, 0.1) is 5.69 Å². The van der Waals surface area contributed by atoms with E-state index in [1.54, 1.807) is 0 Å². The Balaban J connectivity index is 2.03. The van der Waals surface area contributed by atoms with Crippen molar-refractivity contribution in [3.8, 4) is 0 Å². The number of nitrogens with one attached hydrogen (secondary N) is 1. The first-order valence-electron chi connectivity index (χ1n) is 7.29. The largest absolute Gasteiger partial charge is 0.306 e. The molecule has 0 spiro atoms. The summed E-state index contributed by atoms with van der Waals surface area (Å²) >= 11 is 0. The molecule has 0 radical (unpaired) electrons. The van der Waals surface area contributed by atoms with Gasteiger partial charge in [-0.15, -0.1) is 0 Å². The Hall–Kier alpha value is -1.61. The summed E-state index contributed by atoms with van der Waals surface area (Å²) in [5.74, 6) is 0.461. The Morgan fingerprint density at radius 2 is 1.80 bits per heavy atom. The van der Waals surface area contributed by atoms with Crippen LogP contribution < -0.4 is 5.32 Å². The summed E-state index contributed by atoms with van der Waals surface area (Å²) in [4.78, 5) is 0. The van der Waals surface area contributed by atoms with Crippen LogP contribution in [-0.4, -0.2) is 9.78 Å². The molecule has 0 saturated carbocycles. The molecule has 1 heterocycles. The Morgan fingerprint density at radius 3 is 2.40 bits per heavy atom. The minimum absolute atomic E-state index is 0.343. The van der Waals surface area contributed by atoms with E-state index in [-0.39, 0.29) is 0 Å². The Labute approximate surface area is 122 Å². The van der Waals surface area contributed by atoms with Crippen LogP contribution in [0.5, 0.6) is 0 Å². The standard InChI is InChI=1S/C17H25N3/c1-12(2)17-16(11-20(5)19-17)10-18-14(4)15-8-6-13(3)7-9-15/h6-9,11-12,14,18H,10H2,1-5H3/t14-/m1/s1. The van der Waals surface area contributed by atoms with E-state index in [4.69, 9.17) is 0 Å². The molecule has 3 nitrogen and oxygen atoms in total. The number of nitrogens with zero attached hydrogens (tertiary/aromatic N) is 2. The maximum absolute atomic E-state index is 4.55. The van der Waals surface area contributed by atoms with Crippen molar-refractivity contribution in [3.63, 3.8) is 0 Å². The average molecular weight is 271 g/mol. The quantitative estimate of drug-likeness (QED) is 0.898. The second-order valence-electron chi connectivity index (χ2n) is 5.88. The Morgan fingerprint density at radius 1 is 1.15 bits per heavy atom. The molecule has 0 aliphatic carbocycles. The molecule has 0 amide bonds. The monoisotopic (exact) mass is 271 g/mol. The van der Waals surface area contributed by atoms with Gasteiger partial charge in [0.15, 0.2) is 0 Å². The summed E-state index contributed by atoms with van der Waals surface area (Å²) in [6.45, 7) is 9.56. The summed E-state index contributed by atoms with van der Waals surface area (Å²) in [5, 5.41) is 8.14. The number of benzene rings is 1. The molecule has 0 bridgehead atoms. The summed E-state index contributed by atoms with van der Waals surface area (Å²) in [5.41, 5.74) is 5.11. The van der Waals surface area contributed by atoms with E-state index in [1.807, 2.05) is 11.7 Å². The van der Waals surface area contributed by atoms with E-state index < -0.39 is 0 Å². The Bertz CT molecular complexity index is 552. The summed E-state index contributed by atoms with van der Waals surface area (Å²) in [6.07, 6.45) is 2.12. The van der Waals surface area contributed by atoms with Crippen LogP contribution in [0.3, 0.4) is 0 Å². The van der Waals surface area contributed by atoms with Crippen molar-refractivity contribution in [2.45, 2.75) is 46.2 Å². The molecule has 1 N–H and O–H groups in total. The zero-order valence-electron chi connectivity index (χ0n) is 13.1. The molecule has 0 aliphatic heterocycles. The number of hydrogen-bond acceptors (Lipinski definition) is 2. The molecule has 0 fully saturated rings. The van der Waals surface area contributed by atoms with Crippen LogP contribution in [0, 0.1) is 6.92 Å². The second kappa shape index (κ2) is 6.23. The topological polar surface area (TPSA) is 29.9 Å². The first kappa shape index (κ1) is 14.8. The second-order valence-corrected chi connectivity index (χ2v) is 5.88. The van der Waals surface area contributed by atoms with Crippen molar-refractivity contribution in [2.24, 2.45) is 7.05 Å². The van der Waals surface area contributed by atoms with Gasteiger partial charge in [0, 0.05) is 31.4 Å². The molecular formula is C17H25N3. The molecule has 2 aromatic rings. The van der Waals surface area contributed by atoms with Gasteiger partial charge in [-0.3, -0.25) is 4.68 Å². The van der Waals surface area contributed by atoms with Gasteiger partial charge >= 0.3 is 0 Å². The third-order valence-electron chi connectivity index (χ3n) is 3.66. The molecule has 108 valence electrons. The fraction of sp³-hybridized carbons (Fsp3) is 0.471. The molecule has 1 aromatic carbocycles.